The Morgan fingerprint density at radius 1 is 1.44 bits per heavy atom. The third-order valence-corrected chi connectivity index (χ3v) is 4.14. The molecule has 0 spiro atoms. The number of hydrogen-bond donors (Lipinski definition) is 0. The summed E-state index contributed by atoms with van der Waals surface area (Å²) in [7, 11) is 0. The maximum absolute atomic E-state index is 3.60. The molecule has 0 bridgehead atoms. The van der Waals surface area contributed by atoms with E-state index < -0.39 is 0 Å². The van der Waals surface area contributed by atoms with Gasteiger partial charge in [0.15, 0.2) is 0 Å². The molecule has 0 radical (unpaired) electrons. The van der Waals surface area contributed by atoms with Gasteiger partial charge in [0, 0.05) is 23.6 Å². The molecule has 1 aliphatic rings. The van der Waals surface area contributed by atoms with E-state index in [1.165, 1.54) is 42.6 Å². The molecule has 1 heterocycles. The third-order valence-electron chi connectivity index (χ3n) is 3.54. The van der Waals surface area contributed by atoms with E-state index in [1.807, 2.05) is 0 Å². The Kier molecular flexibility index (Phi) is 3.91. The Hall–Kier alpha value is -0.500. The summed E-state index contributed by atoms with van der Waals surface area (Å²) in [6.07, 6.45) is 3.95. The lowest BCUT2D eigenvalue weighted by Gasteiger charge is -2.28. The number of benzene rings is 1. The molecule has 16 heavy (non-hydrogen) atoms. The van der Waals surface area contributed by atoms with Gasteiger partial charge in [0.1, 0.15) is 0 Å². The largest absolute Gasteiger partial charge is 0.368 e. The molecule has 0 N–H and O–H groups in total. The first-order chi connectivity index (χ1) is 7.76. The normalized spacial score (nSPS) is 20.4. The quantitative estimate of drug-likeness (QED) is 0.748. The Balaban J connectivity index is 2.31. The zero-order valence-corrected chi connectivity index (χ0v) is 11.8. The highest BCUT2D eigenvalue weighted by Gasteiger charge is 2.24. The third kappa shape index (κ3) is 2.27. The Bertz CT molecular complexity index is 362. The van der Waals surface area contributed by atoms with Gasteiger partial charge in [0.05, 0.1) is 0 Å². The van der Waals surface area contributed by atoms with Crippen LogP contribution < -0.4 is 4.90 Å². The molecule has 1 aromatic carbocycles. The Labute approximate surface area is 107 Å². The molecule has 1 saturated heterocycles. The standard InChI is InChI=1S/C14H20BrN/c1-3-13-5-4-8-16(13)14-7-6-11(2)9-12(14)10-15/h6-7,9,13H,3-5,8,10H2,1-2H3. The predicted molar refractivity (Wildman–Crippen MR) is 74.5 cm³/mol. The number of rotatable bonds is 3. The molecule has 1 atom stereocenters. The molecule has 0 aliphatic carbocycles. The molecular weight excluding hydrogens is 262 g/mol. The molecule has 0 amide bonds. The van der Waals surface area contributed by atoms with Gasteiger partial charge < -0.3 is 4.90 Å². The fourth-order valence-corrected chi connectivity index (χ4v) is 3.13. The van der Waals surface area contributed by atoms with Gasteiger partial charge in [-0.25, -0.2) is 0 Å². The van der Waals surface area contributed by atoms with E-state index in [-0.39, 0.29) is 0 Å². The summed E-state index contributed by atoms with van der Waals surface area (Å²) in [4.78, 5) is 2.59. The van der Waals surface area contributed by atoms with Gasteiger partial charge in [-0.1, -0.05) is 40.5 Å². The van der Waals surface area contributed by atoms with Crippen molar-refractivity contribution in [3.63, 3.8) is 0 Å². The van der Waals surface area contributed by atoms with E-state index in [9.17, 15) is 0 Å². The van der Waals surface area contributed by atoms with Crippen LogP contribution >= 0.6 is 15.9 Å². The lowest BCUT2D eigenvalue weighted by atomic mass is 10.1. The van der Waals surface area contributed by atoms with Crippen molar-refractivity contribution in [3.05, 3.63) is 29.3 Å². The van der Waals surface area contributed by atoms with Gasteiger partial charge in [-0.05, 0) is 37.8 Å². The molecule has 1 aliphatic heterocycles. The summed E-state index contributed by atoms with van der Waals surface area (Å²) in [5.74, 6) is 0. The van der Waals surface area contributed by atoms with Crippen LogP contribution in [0.2, 0.25) is 0 Å². The fraction of sp³-hybridized carbons (Fsp3) is 0.571. The van der Waals surface area contributed by atoms with E-state index in [2.05, 4.69) is 52.9 Å². The summed E-state index contributed by atoms with van der Waals surface area (Å²) in [6.45, 7) is 5.68. The zero-order chi connectivity index (χ0) is 11.5. The maximum Gasteiger partial charge on any atom is 0.0410 e. The average Bonchev–Trinajstić information content (AvgIpc) is 2.76. The van der Waals surface area contributed by atoms with E-state index in [4.69, 9.17) is 0 Å². The van der Waals surface area contributed by atoms with Crippen LogP contribution in [0.3, 0.4) is 0 Å². The van der Waals surface area contributed by atoms with Gasteiger partial charge in [-0.3, -0.25) is 0 Å². The van der Waals surface area contributed by atoms with Gasteiger partial charge in [0.25, 0.3) is 0 Å². The minimum absolute atomic E-state index is 0.750. The molecule has 1 aromatic rings. The van der Waals surface area contributed by atoms with Crippen LogP contribution in [-0.2, 0) is 5.33 Å². The van der Waals surface area contributed by atoms with Crippen molar-refractivity contribution >= 4 is 21.6 Å². The van der Waals surface area contributed by atoms with Crippen LogP contribution in [0, 0.1) is 6.92 Å². The predicted octanol–water partition coefficient (Wildman–Crippen LogP) is 4.27. The van der Waals surface area contributed by atoms with Gasteiger partial charge in [-0.2, -0.15) is 0 Å². The molecule has 2 heteroatoms. The van der Waals surface area contributed by atoms with Gasteiger partial charge >= 0.3 is 0 Å². The monoisotopic (exact) mass is 281 g/mol. The first-order valence-corrected chi connectivity index (χ1v) is 7.30. The molecule has 1 nitrogen and oxygen atoms in total. The lowest BCUT2D eigenvalue weighted by molar-refractivity contribution is 0.644. The van der Waals surface area contributed by atoms with Gasteiger partial charge in [-0.15, -0.1) is 0 Å². The van der Waals surface area contributed by atoms with E-state index in [0.29, 0.717) is 0 Å². The summed E-state index contributed by atoms with van der Waals surface area (Å²) >= 11 is 3.60. The summed E-state index contributed by atoms with van der Waals surface area (Å²) in [5, 5.41) is 0.955. The molecular formula is C14H20BrN. The highest BCUT2D eigenvalue weighted by molar-refractivity contribution is 9.08. The van der Waals surface area contributed by atoms with Crippen LogP contribution in [0.4, 0.5) is 5.69 Å². The number of aryl methyl sites for hydroxylation is 1. The molecule has 88 valence electrons. The molecule has 1 fully saturated rings. The first-order valence-electron chi connectivity index (χ1n) is 6.18. The second kappa shape index (κ2) is 5.22. The minimum atomic E-state index is 0.750. The Morgan fingerprint density at radius 3 is 2.94 bits per heavy atom. The summed E-state index contributed by atoms with van der Waals surface area (Å²) < 4.78 is 0. The number of nitrogens with zero attached hydrogens (tertiary/aromatic N) is 1. The van der Waals surface area contributed by atoms with Crippen LogP contribution in [0.5, 0.6) is 0 Å². The molecule has 1 unspecified atom stereocenters. The van der Waals surface area contributed by atoms with E-state index in [1.54, 1.807) is 0 Å². The van der Waals surface area contributed by atoms with Crippen LogP contribution in [0.15, 0.2) is 18.2 Å². The second-order valence-electron chi connectivity index (χ2n) is 4.66. The molecule has 2 rings (SSSR count). The highest BCUT2D eigenvalue weighted by atomic mass is 79.9. The SMILES string of the molecule is CCC1CCCN1c1ccc(C)cc1CBr. The van der Waals surface area contributed by atoms with E-state index >= 15 is 0 Å². The molecule has 0 aromatic heterocycles. The minimum Gasteiger partial charge on any atom is -0.368 e. The second-order valence-corrected chi connectivity index (χ2v) is 5.22. The van der Waals surface area contributed by atoms with Crippen molar-refractivity contribution in [2.75, 3.05) is 11.4 Å². The van der Waals surface area contributed by atoms with Crippen molar-refractivity contribution in [1.82, 2.24) is 0 Å². The van der Waals surface area contributed by atoms with Crippen molar-refractivity contribution in [2.24, 2.45) is 0 Å². The highest BCUT2D eigenvalue weighted by Crippen LogP contribution is 2.31. The lowest BCUT2D eigenvalue weighted by Crippen LogP contribution is -2.29. The zero-order valence-electron chi connectivity index (χ0n) is 10.2. The van der Waals surface area contributed by atoms with Crippen LogP contribution in [0.25, 0.3) is 0 Å². The van der Waals surface area contributed by atoms with Crippen LogP contribution in [-0.4, -0.2) is 12.6 Å². The summed E-state index contributed by atoms with van der Waals surface area (Å²) in [5.41, 5.74) is 4.22. The number of alkyl halides is 1. The topological polar surface area (TPSA) is 3.24 Å². The smallest absolute Gasteiger partial charge is 0.0410 e. The number of hydrogen-bond acceptors (Lipinski definition) is 1. The van der Waals surface area contributed by atoms with Crippen molar-refractivity contribution in [2.45, 2.75) is 44.5 Å². The van der Waals surface area contributed by atoms with Crippen molar-refractivity contribution < 1.29 is 0 Å². The molecule has 0 saturated carbocycles. The van der Waals surface area contributed by atoms with E-state index in [0.717, 1.165) is 11.4 Å². The number of anilines is 1. The summed E-state index contributed by atoms with van der Waals surface area (Å²) in [6, 6.07) is 7.57. The average molecular weight is 282 g/mol. The van der Waals surface area contributed by atoms with Gasteiger partial charge in [0.2, 0.25) is 0 Å². The van der Waals surface area contributed by atoms with Crippen molar-refractivity contribution in [3.8, 4) is 0 Å². The van der Waals surface area contributed by atoms with Crippen molar-refractivity contribution in [1.29, 1.82) is 0 Å². The fourth-order valence-electron chi connectivity index (χ4n) is 2.68. The first kappa shape index (κ1) is 12.0. The number of halogens is 1. The maximum atomic E-state index is 3.60. The Morgan fingerprint density at radius 2 is 2.25 bits per heavy atom. The van der Waals surface area contributed by atoms with Crippen LogP contribution in [0.1, 0.15) is 37.3 Å².